The van der Waals surface area contributed by atoms with Gasteiger partial charge in [-0.25, -0.2) is 9.97 Å². The molecule has 17 heavy (non-hydrogen) atoms. The van der Waals surface area contributed by atoms with Gasteiger partial charge < -0.3 is 9.64 Å². The summed E-state index contributed by atoms with van der Waals surface area (Å²) in [7, 11) is 0. The van der Waals surface area contributed by atoms with Gasteiger partial charge in [0.1, 0.15) is 6.10 Å². The van der Waals surface area contributed by atoms with Crippen LogP contribution in [0.4, 0.5) is 5.95 Å². The molecule has 4 nitrogen and oxygen atoms in total. The van der Waals surface area contributed by atoms with Crippen LogP contribution in [0.5, 0.6) is 0 Å². The van der Waals surface area contributed by atoms with E-state index in [-0.39, 0.29) is 6.10 Å². The Hall–Kier alpha value is -1.46. The van der Waals surface area contributed by atoms with E-state index in [4.69, 9.17) is 4.74 Å². The molecule has 2 aromatic heterocycles. The van der Waals surface area contributed by atoms with Crippen LogP contribution in [0.25, 0.3) is 0 Å². The van der Waals surface area contributed by atoms with Crippen LogP contribution in [0.2, 0.25) is 0 Å². The number of nitrogens with zero attached hydrogens (tertiary/aromatic N) is 3. The lowest BCUT2D eigenvalue weighted by atomic mass is 10.2. The van der Waals surface area contributed by atoms with Crippen molar-refractivity contribution in [3.8, 4) is 0 Å². The molecule has 1 saturated heterocycles. The lowest BCUT2D eigenvalue weighted by Gasteiger charge is -2.32. The molecule has 2 aromatic rings. The summed E-state index contributed by atoms with van der Waals surface area (Å²) < 4.78 is 5.79. The lowest BCUT2D eigenvalue weighted by molar-refractivity contribution is 0.0415. The van der Waals surface area contributed by atoms with Crippen LogP contribution >= 0.6 is 11.3 Å². The number of hydrogen-bond acceptors (Lipinski definition) is 5. The lowest BCUT2D eigenvalue weighted by Crippen LogP contribution is -2.39. The molecule has 0 amide bonds. The first-order valence-corrected chi connectivity index (χ1v) is 6.48. The number of morpholine rings is 1. The van der Waals surface area contributed by atoms with Crippen LogP contribution in [-0.4, -0.2) is 29.7 Å². The SMILES string of the molecule is c1cnc(N2CCOC(c3cccs3)C2)nc1. The van der Waals surface area contributed by atoms with Crippen molar-refractivity contribution in [2.24, 2.45) is 0 Å². The van der Waals surface area contributed by atoms with E-state index >= 15 is 0 Å². The monoisotopic (exact) mass is 247 g/mol. The average Bonchev–Trinajstić information content (AvgIpc) is 2.94. The standard InChI is InChI=1S/C12H13N3OS/c1-3-11(17-8-1)10-9-15(6-7-16-10)12-13-4-2-5-14-12/h1-5,8,10H,6-7,9H2. The quantitative estimate of drug-likeness (QED) is 0.814. The summed E-state index contributed by atoms with van der Waals surface area (Å²) >= 11 is 1.73. The van der Waals surface area contributed by atoms with E-state index in [9.17, 15) is 0 Å². The molecule has 0 aromatic carbocycles. The Balaban J connectivity index is 1.76. The first kappa shape index (κ1) is 10.7. The van der Waals surface area contributed by atoms with Gasteiger partial charge in [-0.1, -0.05) is 6.07 Å². The first-order chi connectivity index (χ1) is 8.43. The average molecular weight is 247 g/mol. The van der Waals surface area contributed by atoms with E-state index in [1.807, 2.05) is 6.07 Å². The largest absolute Gasteiger partial charge is 0.369 e. The highest BCUT2D eigenvalue weighted by Gasteiger charge is 2.23. The smallest absolute Gasteiger partial charge is 0.225 e. The Kier molecular flexibility index (Phi) is 3.02. The summed E-state index contributed by atoms with van der Waals surface area (Å²) in [4.78, 5) is 12.0. The number of aromatic nitrogens is 2. The number of thiophene rings is 1. The minimum atomic E-state index is 0.146. The Bertz CT molecular complexity index is 460. The van der Waals surface area contributed by atoms with Crippen LogP contribution in [0, 0.1) is 0 Å². The number of hydrogen-bond donors (Lipinski definition) is 0. The summed E-state index contributed by atoms with van der Waals surface area (Å²) in [5.74, 6) is 0.789. The van der Waals surface area contributed by atoms with Gasteiger partial charge in [0.25, 0.3) is 0 Å². The molecular formula is C12H13N3OS. The van der Waals surface area contributed by atoms with Crippen LogP contribution in [0.15, 0.2) is 36.0 Å². The normalized spacial score (nSPS) is 20.5. The van der Waals surface area contributed by atoms with Gasteiger partial charge in [-0.15, -0.1) is 11.3 Å². The third-order valence-corrected chi connectivity index (χ3v) is 3.73. The maximum absolute atomic E-state index is 5.79. The van der Waals surface area contributed by atoms with Crippen LogP contribution in [0.3, 0.4) is 0 Å². The fourth-order valence-corrected chi connectivity index (χ4v) is 2.70. The second-order valence-corrected chi connectivity index (χ2v) is 4.85. The zero-order valence-corrected chi connectivity index (χ0v) is 10.1. The maximum atomic E-state index is 5.79. The molecule has 3 rings (SSSR count). The molecule has 3 heterocycles. The molecule has 0 bridgehead atoms. The molecule has 1 unspecified atom stereocenters. The number of rotatable bonds is 2. The highest BCUT2D eigenvalue weighted by molar-refractivity contribution is 7.10. The molecule has 1 fully saturated rings. The molecule has 1 aliphatic heterocycles. The third kappa shape index (κ3) is 2.30. The van der Waals surface area contributed by atoms with Crippen molar-refractivity contribution in [2.75, 3.05) is 24.6 Å². The summed E-state index contributed by atoms with van der Waals surface area (Å²) in [6.45, 7) is 2.40. The van der Waals surface area contributed by atoms with Crippen molar-refractivity contribution >= 4 is 17.3 Å². The molecule has 1 aliphatic rings. The van der Waals surface area contributed by atoms with E-state index in [2.05, 4.69) is 32.4 Å². The summed E-state index contributed by atoms with van der Waals surface area (Å²) in [5, 5.41) is 2.08. The highest BCUT2D eigenvalue weighted by atomic mass is 32.1. The van der Waals surface area contributed by atoms with E-state index in [1.165, 1.54) is 4.88 Å². The zero-order chi connectivity index (χ0) is 11.5. The predicted molar refractivity (Wildman–Crippen MR) is 67.3 cm³/mol. The van der Waals surface area contributed by atoms with Gasteiger partial charge in [0, 0.05) is 23.8 Å². The zero-order valence-electron chi connectivity index (χ0n) is 9.32. The second-order valence-electron chi connectivity index (χ2n) is 3.87. The fourth-order valence-electron chi connectivity index (χ4n) is 1.93. The molecule has 0 radical (unpaired) electrons. The Morgan fingerprint density at radius 3 is 2.94 bits per heavy atom. The van der Waals surface area contributed by atoms with E-state index in [1.54, 1.807) is 23.7 Å². The van der Waals surface area contributed by atoms with Crippen molar-refractivity contribution in [3.05, 3.63) is 40.8 Å². The fraction of sp³-hybridized carbons (Fsp3) is 0.333. The van der Waals surface area contributed by atoms with Crippen molar-refractivity contribution in [1.29, 1.82) is 0 Å². The summed E-state index contributed by atoms with van der Waals surface area (Å²) in [6.07, 6.45) is 3.70. The minimum Gasteiger partial charge on any atom is -0.369 e. The van der Waals surface area contributed by atoms with Crippen LogP contribution < -0.4 is 4.90 Å². The predicted octanol–water partition coefficient (Wildman–Crippen LogP) is 2.12. The molecule has 0 spiro atoms. The number of ether oxygens (including phenoxy) is 1. The first-order valence-electron chi connectivity index (χ1n) is 5.60. The Labute approximate surface area is 104 Å². The summed E-state index contributed by atoms with van der Waals surface area (Å²) in [5.41, 5.74) is 0. The van der Waals surface area contributed by atoms with Crippen molar-refractivity contribution in [1.82, 2.24) is 9.97 Å². The molecule has 0 aliphatic carbocycles. The van der Waals surface area contributed by atoms with Crippen molar-refractivity contribution in [2.45, 2.75) is 6.10 Å². The van der Waals surface area contributed by atoms with Gasteiger partial charge in [-0.3, -0.25) is 0 Å². The van der Waals surface area contributed by atoms with Gasteiger partial charge in [0.15, 0.2) is 0 Å². The van der Waals surface area contributed by atoms with Gasteiger partial charge in [-0.05, 0) is 17.5 Å². The van der Waals surface area contributed by atoms with Crippen LogP contribution in [-0.2, 0) is 4.74 Å². The molecular weight excluding hydrogens is 234 g/mol. The molecule has 1 atom stereocenters. The van der Waals surface area contributed by atoms with Gasteiger partial charge in [-0.2, -0.15) is 0 Å². The van der Waals surface area contributed by atoms with Crippen molar-refractivity contribution < 1.29 is 4.74 Å². The van der Waals surface area contributed by atoms with Gasteiger partial charge in [0.05, 0.1) is 13.2 Å². The number of anilines is 1. The van der Waals surface area contributed by atoms with Gasteiger partial charge >= 0.3 is 0 Å². The van der Waals surface area contributed by atoms with E-state index in [0.717, 1.165) is 25.6 Å². The van der Waals surface area contributed by atoms with Gasteiger partial charge in [0.2, 0.25) is 5.95 Å². The Morgan fingerprint density at radius 1 is 1.29 bits per heavy atom. The molecule has 0 N–H and O–H groups in total. The van der Waals surface area contributed by atoms with E-state index in [0.29, 0.717) is 0 Å². The second kappa shape index (κ2) is 4.81. The van der Waals surface area contributed by atoms with E-state index < -0.39 is 0 Å². The highest BCUT2D eigenvalue weighted by Crippen LogP contribution is 2.27. The summed E-state index contributed by atoms with van der Waals surface area (Å²) in [6, 6.07) is 6.01. The topological polar surface area (TPSA) is 38.2 Å². The maximum Gasteiger partial charge on any atom is 0.225 e. The molecule has 88 valence electrons. The molecule has 5 heteroatoms. The molecule has 0 saturated carbocycles. The van der Waals surface area contributed by atoms with Crippen LogP contribution in [0.1, 0.15) is 11.0 Å². The van der Waals surface area contributed by atoms with Crippen molar-refractivity contribution in [3.63, 3.8) is 0 Å². The Morgan fingerprint density at radius 2 is 2.18 bits per heavy atom. The minimum absolute atomic E-state index is 0.146. The third-order valence-electron chi connectivity index (χ3n) is 2.76.